The highest BCUT2D eigenvalue weighted by molar-refractivity contribution is 4.22. The maximum absolute atomic E-state index is 5.61. The number of hydroxylamine groups is 3. The lowest BCUT2D eigenvalue weighted by Crippen LogP contribution is -2.47. The molecule has 0 aliphatic heterocycles. The molecule has 0 bridgehead atoms. The van der Waals surface area contributed by atoms with Crippen LogP contribution in [0.3, 0.4) is 0 Å². The van der Waals surface area contributed by atoms with Gasteiger partial charge in [0.2, 0.25) is 0 Å². The molecule has 0 atom stereocenters. The van der Waals surface area contributed by atoms with Gasteiger partial charge >= 0.3 is 0 Å². The molecule has 0 saturated heterocycles. The van der Waals surface area contributed by atoms with Crippen molar-refractivity contribution in [2.24, 2.45) is 0 Å². The van der Waals surface area contributed by atoms with Gasteiger partial charge in [-0.1, -0.05) is 0 Å². The van der Waals surface area contributed by atoms with Crippen molar-refractivity contribution in [1.29, 1.82) is 0 Å². The number of hydrogen-bond acceptors (Lipinski definition) is 1. The van der Waals surface area contributed by atoms with Gasteiger partial charge in [0.1, 0.15) is 26.2 Å². The van der Waals surface area contributed by atoms with Crippen LogP contribution in [0.1, 0.15) is 27.7 Å². The van der Waals surface area contributed by atoms with Crippen LogP contribution in [-0.4, -0.2) is 30.9 Å². The quantitative estimate of drug-likeness (QED) is 0.424. The molecule has 0 aromatic heterocycles. The second-order valence-corrected chi connectivity index (χ2v) is 2.42. The minimum absolute atomic E-state index is 0.802. The second kappa shape index (κ2) is 4.69. The van der Waals surface area contributed by atoms with Gasteiger partial charge in [-0.15, -0.1) is 0 Å². The van der Waals surface area contributed by atoms with E-state index in [2.05, 4.69) is 20.8 Å². The Kier molecular flexibility index (Phi) is 4.65. The largest absolute Gasteiger partial charge is 0.203 e. The van der Waals surface area contributed by atoms with Crippen LogP contribution >= 0.6 is 0 Å². The van der Waals surface area contributed by atoms with Crippen LogP contribution in [-0.2, 0) is 4.84 Å². The molecule has 0 heterocycles. The zero-order chi connectivity index (χ0) is 8.04. The van der Waals surface area contributed by atoms with E-state index < -0.39 is 0 Å². The molecule has 0 spiro atoms. The zero-order valence-corrected chi connectivity index (χ0v) is 7.68. The minimum atomic E-state index is 0.802. The number of rotatable bonds is 5. The highest BCUT2D eigenvalue weighted by Crippen LogP contribution is 2.05. The Hall–Kier alpha value is -0.0800. The first-order valence-electron chi connectivity index (χ1n) is 4.25. The predicted octanol–water partition coefficient (Wildman–Crippen LogP) is 1.81. The van der Waals surface area contributed by atoms with E-state index in [9.17, 15) is 0 Å². The Labute approximate surface area is 64.3 Å². The van der Waals surface area contributed by atoms with Crippen molar-refractivity contribution in [3.63, 3.8) is 0 Å². The van der Waals surface area contributed by atoms with Gasteiger partial charge in [0.05, 0.1) is 0 Å². The van der Waals surface area contributed by atoms with Crippen molar-refractivity contribution in [1.82, 2.24) is 0 Å². The number of quaternary nitrogens is 1. The van der Waals surface area contributed by atoms with Crippen molar-refractivity contribution in [2.75, 3.05) is 26.2 Å². The zero-order valence-electron chi connectivity index (χ0n) is 7.68. The van der Waals surface area contributed by atoms with Gasteiger partial charge in [-0.3, -0.25) is 0 Å². The molecule has 0 saturated carbocycles. The summed E-state index contributed by atoms with van der Waals surface area (Å²) >= 11 is 0. The van der Waals surface area contributed by atoms with Gasteiger partial charge in [0.25, 0.3) is 0 Å². The van der Waals surface area contributed by atoms with E-state index in [1.807, 2.05) is 6.92 Å². The van der Waals surface area contributed by atoms with Crippen molar-refractivity contribution >= 4 is 0 Å². The van der Waals surface area contributed by atoms with Crippen molar-refractivity contribution < 1.29 is 9.48 Å². The summed E-state index contributed by atoms with van der Waals surface area (Å²) in [4.78, 5) is 5.61. The first-order valence-corrected chi connectivity index (χ1v) is 4.25. The van der Waals surface area contributed by atoms with E-state index in [4.69, 9.17) is 4.84 Å². The van der Waals surface area contributed by atoms with E-state index in [-0.39, 0.29) is 0 Å². The molecule has 0 fully saturated rings. The normalized spacial score (nSPS) is 12.0. The van der Waals surface area contributed by atoms with Gasteiger partial charge in [-0.05, 0) is 27.7 Å². The van der Waals surface area contributed by atoms with Crippen LogP contribution in [0.15, 0.2) is 0 Å². The Morgan fingerprint density at radius 2 is 1.30 bits per heavy atom. The topological polar surface area (TPSA) is 9.23 Å². The molecule has 0 unspecified atom stereocenters. The average Bonchev–Trinajstić information content (AvgIpc) is 2.01. The third kappa shape index (κ3) is 2.27. The molecule has 10 heavy (non-hydrogen) atoms. The summed E-state index contributed by atoms with van der Waals surface area (Å²) in [7, 11) is 0. The highest BCUT2D eigenvalue weighted by Gasteiger charge is 2.21. The van der Waals surface area contributed by atoms with E-state index in [1.165, 1.54) is 0 Å². The SMILES string of the molecule is CCO[N+](CC)(CC)CC. The Morgan fingerprint density at radius 1 is 0.900 bits per heavy atom. The lowest BCUT2D eigenvalue weighted by Gasteiger charge is -2.31. The third-order valence-electron chi connectivity index (χ3n) is 2.13. The molecular formula is C8H20NO+. The van der Waals surface area contributed by atoms with Crippen LogP contribution < -0.4 is 0 Å². The third-order valence-corrected chi connectivity index (χ3v) is 2.13. The molecule has 0 N–H and O–H groups in total. The Balaban J connectivity index is 3.87. The molecule has 62 valence electrons. The minimum Gasteiger partial charge on any atom is -0.203 e. The monoisotopic (exact) mass is 146 g/mol. The maximum atomic E-state index is 5.61. The van der Waals surface area contributed by atoms with Crippen LogP contribution in [0.25, 0.3) is 0 Å². The summed E-state index contributed by atoms with van der Waals surface area (Å²) in [5.41, 5.74) is 0. The predicted molar refractivity (Wildman–Crippen MR) is 43.5 cm³/mol. The van der Waals surface area contributed by atoms with E-state index in [0.29, 0.717) is 0 Å². The van der Waals surface area contributed by atoms with E-state index in [1.54, 1.807) is 0 Å². The molecular weight excluding hydrogens is 126 g/mol. The van der Waals surface area contributed by atoms with Crippen molar-refractivity contribution in [3.8, 4) is 0 Å². The molecule has 0 amide bonds. The first-order chi connectivity index (χ1) is 4.74. The van der Waals surface area contributed by atoms with Gasteiger partial charge in [0.15, 0.2) is 0 Å². The summed E-state index contributed by atoms with van der Waals surface area (Å²) in [5.74, 6) is 0. The van der Waals surface area contributed by atoms with Crippen molar-refractivity contribution in [3.05, 3.63) is 0 Å². The summed E-state index contributed by atoms with van der Waals surface area (Å²) in [5, 5.41) is 0. The summed E-state index contributed by atoms with van der Waals surface area (Å²) in [6.07, 6.45) is 0. The molecule has 0 rings (SSSR count). The van der Waals surface area contributed by atoms with Crippen LogP contribution in [0.2, 0.25) is 0 Å². The highest BCUT2D eigenvalue weighted by atomic mass is 16.7. The average molecular weight is 146 g/mol. The molecule has 0 radical (unpaired) electrons. The van der Waals surface area contributed by atoms with Gasteiger partial charge in [0, 0.05) is 0 Å². The van der Waals surface area contributed by atoms with Crippen LogP contribution in [0.5, 0.6) is 0 Å². The van der Waals surface area contributed by atoms with Gasteiger partial charge < -0.3 is 0 Å². The smallest absolute Gasteiger partial charge is 0.106 e. The number of nitrogens with zero attached hydrogens (tertiary/aromatic N) is 1. The second-order valence-electron chi connectivity index (χ2n) is 2.42. The maximum Gasteiger partial charge on any atom is 0.106 e. The fourth-order valence-corrected chi connectivity index (χ4v) is 1.22. The summed E-state index contributed by atoms with van der Waals surface area (Å²) < 4.78 is 0.802. The lowest BCUT2D eigenvalue weighted by molar-refractivity contribution is -1.10. The molecule has 0 aromatic rings. The van der Waals surface area contributed by atoms with Gasteiger partial charge in [-0.2, -0.15) is 4.65 Å². The first kappa shape index (κ1) is 9.92. The molecule has 0 aliphatic rings. The van der Waals surface area contributed by atoms with Gasteiger partial charge in [-0.25, -0.2) is 4.84 Å². The van der Waals surface area contributed by atoms with E-state index in [0.717, 1.165) is 30.9 Å². The molecule has 0 aromatic carbocycles. The Bertz CT molecular complexity index is 71.1. The fraction of sp³-hybridized carbons (Fsp3) is 1.00. The molecule has 2 nitrogen and oxygen atoms in total. The fourth-order valence-electron chi connectivity index (χ4n) is 1.22. The van der Waals surface area contributed by atoms with Crippen LogP contribution in [0, 0.1) is 0 Å². The van der Waals surface area contributed by atoms with E-state index >= 15 is 0 Å². The molecule has 0 aliphatic carbocycles. The summed E-state index contributed by atoms with van der Waals surface area (Å²) in [6.45, 7) is 12.6. The lowest BCUT2D eigenvalue weighted by atomic mass is 10.5. The standard InChI is InChI=1S/C8H20NO/c1-5-9(6-2,7-3)10-8-4/h5-8H2,1-4H3/q+1. The summed E-state index contributed by atoms with van der Waals surface area (Å²) in [6, 6.07) is 0. The van der Waals surface area contributed by atoms with Crippen LogP contribution in [0.4, 0.5) is 0 Å². The van der Waals surface area contributed by atoms with Crippen molar-refractivity contribution in [2.45, 2.75) is 27.7 Å². The molecule has 2 heteroatoms. The Morgan fingerprint density at radius 3 is 1.40 bits per heavy atom. The number of hydrogen-bond donors (Lipinski definition) is 0.